The second kappa shape index (κ2) is 9.62. The molecule has 150 valence electrons. The van der Waals surface area contributed by atoms with Crippen LogP contribution in [0.1, 0.15) is 63.7 Å². The summed E-state index contributed by atoms with van der Waals surface area (Å²) >= 11 is 0. The number of hydrogen-bond acceptors (Lipinski definition) is 4. The number of carbonyl (C=O) groups excluding carboxylic acids is 2. The summed E-state index contributed by atoms with van der Waals surface area (Å²) in [6.45, 7) is 10.1. The Bertz CT molecular complexity index is 615. The first-order chi connectivity index (χ1) is 12.8. The molecule has 0 atom stereocenters. The van der Waals surface area contributed by atoms with Gasteiger partial charge in [0.2, 0.25) is 0 Å². The van der Waals surface area contributed by atoms with Crippen molar-refractivity contribution in [3.63, 3.8) is 0 Å². The van der Waals surface area contributed by atoms with Gasteiger partial charge >= 0.3 is 6.09 Å². The summed E-state index contributed by atoms with van der Waals surface area (Å²) in [7, 11) is 0. The second-order valence-electron chi connectivity index (χ2n) is 8.06. The topological polar surface area (TPSA) is 70.7 Å². The number of ether oxygens (including phenoxy) is 1. The van der Waals surface area contributed by atoms with E-state index in [4.69, 9.17) is 4.74 Å². The molecule has 1 aliphatic rings. The minimum Gasteiger partial charge on any atom is -0.444 e. The van der Waals surface area contributed by atoms with E-state index in [2.05, 4.69) is 22.5 Å². The van der Waals surface area contributed by atoms with Gasteiger partial charge in [0.25, 0.3) is 5.91 Å². The van der Waals surface area contributed by atoms with Crippen molar-refractivity contribution in [3.8, 4) is 0 Å². The third-order valence-corrected chi connectivity index (χ3v) is 4.53. The van der Waals surface area contributed by atoms with Crippen molar-refractivity contribution in [2.75, 3.05) is 24.5 Å². The van der Waals surface area contributed by atoms with Crippen molar-refractivity contribution in [1.82, 2.24) is 10.6 Å². The summed E-state index contributed by atoms with van der Waals surface area (Å²) in [5, 5.41) is 5.89. The molecule has 1 fully saturated rings. The van der Waals surface area contributed by atoms with Gasteiger partial charge in [0.1, 0.15) is 5.60 Å². The Balaban J connectivity index is 1.80. The van der Waals surface area contributed by atoms with E-state index in [0.29, 0.717) is 5.56 Å². The number of unbranched alkanes of at least 4 members (excludes halogenated alkanes) is 1. The van der Waals surface area contributed by atoms with Crippen LogP contribution >= 0.6 is 0 Å². The molecule has 1 aromatic carbocycles. The van der Waals surface area contributed by atoms with Crippen molar-refractivity contribution in [2.24, 2.45) is 0 Å². The molecule has 0 saturated carbocycles. The first-order valence-electron chi connectivity index (χ1n) is 9.91. The molecule has 6 nitrogen and oxygen atoms in total. The van der Waals surface area contributed by atoms with Crippen molar-refractivity contribution >= 4 is 17.7 Å². The average Bonchev–Trinajstić information content (AvgIpc) is 2.61. The lowest BCUT2D eigenvalue weighted by Crippen LogP contribution is -2.46. The van der Waals surface area contributed by atoms with E-state index in [0.717, 1.165) is 51.0 Å². The van der Waals surface area contributed by atoms with Gasteiger partial charge in [-0.05, 0) is 64.3 Å². The number of anilines is 1. The Morgan fingerprint density at radius 3 is 2.33 bits per heavy atom. The largest absolute Gasteiger partial charge is 0.444 e. The molecule has 0 aliphatic carbocycles. The molecule has 0 aromatic heterocycles. The highest BCUT2D eigenvalue weighted by atomic mass is 16.6. The lowest BCUT2D eigenvalue weighted by molar-refractivity contribution is 0.0497. The highest BCUT2D eigenvalue weighted by Gasteiger charge is 2.23. The normalized spacial score (nSPS) is 15.3. The third-order valence-electron chi connectivity index (χ3n) is 4.53. The fourth-order valence-electron chi connectivity index (χ4n) is 3.06. The minimum atomic E-state index is -0.477. The van der Waals surface area contributed by atoms with E-state index in [1.807, 2.05) is 45.0 Å². The smallest absolute Gasteiger partial charge is 0.407 e. The molecule has 27 heavy (non-hydrogen) atoms. The Labute approximate surface area is 162 Å². The van der Waals surface area contributed by atoms with Crippen molar-refractivity contribution in [1.29, 1.82) is 0 Å². The number of benzene rings is 1. The van der Waals surface area contributed by atoms with Crippen LogP contribution in [0.15, 0.2) is 24.3 Å². The van der Waals surface area contributed by atoms with E-state index in [-0.39, 0.29) is 18.0 Å². The molecule has 2 amide bonds. The number of piperidine rings is 1. The molecule has 0 radical (unpaired) electrons. The molecule has 0 bridgehead atoms. The minimum absolute atomic E-state index is 0.0183. The molecule has 1 saturated heterocycles. The zero-order chi connectivity index (χ0) is 19.9. The predicted molar refractivity (Wildman–Crippen MR) is 108 cm³/mol. The molecule has 0 spiro atoms. The van der Waals surface area contributed by atoms with E-state index >= 15 is 0 Å². The van der Waals surface area contributed by atoms with Crippen LogP contribution in [-0.4, -0.2) is 43.3 Å². The highest BCUT2D eigenvalue weighted by Crippen LogP contribution is 2.21. The number of hydrogen-bond donors (Lipinski definition) is 2. The molecule has 1 aliphatic heterocycles. The van der Waals surface area contributed by atoms with E-state index in [1.165, 1.54) is 0 Å². The molecule has 1 heterocycles. The first kappa shape index (κ1) is 21.1. The van der Waals surface area contributed by atoms with Crippen LogP contribution in [0.3, 0.4) is 0 Å². The number of rotatable bonds is 6. The Kier molecular flexibility index (Phi) is 7.51. The molecular weight excluding hydrogens is 342 g/mol. The van der Waals surface area contributed by atoms with Crippen LogP contribution in [0.25, 0.3) is 0 Å². The van der Waals surface area contributed by atoms with Gasteiger partial charge in [-0.3, -0.25) is 4.79 Å². The summed E-state index contributed by atoms with van der Waals surface area (Å²) < 4.78 is 5.32. The summed E-state index contributed by atoms with van der Waals surface area (Å²) in [5.41, 5.74) is 1.32. The van der Waals surface area contributed by atoms with Gasteiger partial charge in [-0.25, -0.2) is 4.79 Å². The number of alkyl carbamates (subject to hydrolysis) is 1. The van der Waals surface area contributed by atoms with Crippen LogP contribution in [0, 0.1) is 0 Å². The second-order valence-corrected chi connectivity index (χ2v) is 8.06. The SMILES string of the molecule is CCCCNC(=O)c1ccc(N2CCC(NC(=O)OC(C)(C)C)CC2)cc1. The van der Waals surface area contributed by atoms with Gasteiger partial charge in [-0.15, -0.1) is 0 Å². The van der Waals surface area contributed by atoms with E-state index in [9.17, 15) is 9.59 Å². The molecule has 6 heteroatoms. The number of nitrogens with zero attached hydrogens (tertiary/aromatic N) is 1. The average molecular weight is 376 g/mol. The molecule has 2 rings (SSSR count). The van der Waals surface area contributed by atoms with Gasteiger partial charge in [-0.1, -0.05) is 13.3 Å². The maximum absolute atomic E-state index is 12.1. The molecular formula is C21H33N3O3. The Hall–Kier alpha value is -2.24. The number of nitrogens with one attached hydrogen (secondary N) is 2. The lowest BCUT2D eigenvalue weighted by atomic mass is 10.0. The summed E-state index contributed by atoms with van der Waals surface area (Å²) in [6, 6.07) is 7.88. The quantitative estimate of drug-likeness (QED) is 0.744. The fraction of sp³-hybridized carbons (Fsp3) is 0.619. The van der Waals surface area contributed by atoms with Crippen LogP contribution in [-0.2, 0) is 4.74 Å². The predicted octanol–water partition coefficient (Wildman–Crippen LogP) is 3.71. The van der Waals surface area contributed by atoms with Gasteiger partial charge in [0.15, 0.2) is 0 Å². The fourth-order valence-corrected chi connectivity index (χ4v) is 3.06. The third kappa shape index (κ3) is 7.12. The Morgan fingerprint density at radius 1 is 1.15 bits per heavy atom. The van der Waals surface area contributed by atoms with E-state index in [1.54, 1.807) is 0 Å². The van der Waals surface area contributed by atoms with Crippen molar-refractivity contribution < 1.29 is 14.3 Å². The van der Waals surface area contributed by atoms with Crippen LogP contribution in [0.4, 0.5) is 10.5 Å². The van der Waals surface area contributed by atoms with Crippen LogP contribution in [0.2, 0.25) is 0 Å². The van der Waals surface area contributed by atoms with Crippen molar-refractivity contribution in [3.05, 3.63) is 29.8 Å². The summed E-state index contributed by atoms with van der Waals surface area (Å²) in [5.74, 6) is -0.0183. The van der Waals surface area contributed by atoms with Crippen molar-refractivity contribution in [2.45, 2.75) is 65.0 Å². The summed E-state index contributed by atoms with van der Waals surface area (Å²) in [4.78, 5) is 26.2. The zero-order valence-corrected chi connectivity index (χ0v) is 17.0. The highest BCUT2D eigenvalue weighted by molar-refractivity contribution is 5.94. The van der Waals surface area contributed by atoms with Crippen LogP contribution < -0.4 is 15.5 Å². The van der Waals surface area contributed by atoms with Gasteiger partial charge in [-0.2, -0.15) is 0 Å². The molecule has 2 N–H and O–H groups in total. The molecule has 1 aromatic rings. The monoisotopic (exact) mass is 375 g/mol. The lowest BCUT2D eigenvalue weighted by Gasteiger charge is -2.34. The van der Waals surface area contributed by atoms with E-state index < -0.39 is 5.60 Å². The van der Waals surface area contributed by atoms with Crippen LogP contribution in [0.5, 0.6) is 0 Å². The first-order valence-corrected chi connectivity index (χ1v) is 9.91. The van der Waals surface area contributed by atoms with Gasteiger partial charge in [0.05, 0.1) is 0 Å². The zero-order valence-electron chi connectivity index (χ0n) is 17.0. The maximum Gasteiger partial charge on any atom is 0.407 e. The number of amides is 2. The molecule has 0 unspecified atom stereocenters. The Morgan fingerprint density at radius 2 is 1.78 bits per heavy atom. The number of carbonyl (C=O) groups is 2. The summed E-state index contributed by atoms with van der Waals surface area (Å²) in [6.07, 6.45) is 3.46. The standard InChI is InChI=1S/C21H33N3O3/c1-5-6-13-22-19(25)16-7-9-18(10-8-16)24-14-11-17(12-15-24)23-20(26)27-21(2,3)4/h7-10,17H,5-6,11-15H2,1-4H3,(H,22,25)(H,23,26). The van der Waals surface area contributed by atoms with Gasteiger partial charge in [0, 0.05) is 36.9 Å². The van der Waals surface area contributed by atoms with Gasteiger partial charge < -0.3 is 20.3 Å². The maximum atomic E-state index is 12.1.